The predicted molar refractivity (Wildman–Crippen MR) is 241 cm³/mol. The Labute approximate surface area is 334 Å². The Hall–Kier alpha value is -7.82. The van der Waals surface area contributed by atoms with Gasteiger partial charge in [0.1, 0.15) is 22.3 Å². The van der Waals surface area contributed by atoms with Crippen LogP contribution in [-0.4, -0.2) is 4.57 Å². The summed E-state index contributed by atoms with van der Waals surface area (Å²) >= 11 is 0. The third kappa shape index (κ3) is 4.95. The molecule has 0 spiro atoms. The monoisotopic (exact) mass is 742 g/mol. The average molecular weight is 743 g/mol. The van der Waals surface area contributed by atoms with E-state index in [0.29, 0.717) is 0 Å². The quantitative estimate of drug-likeness (QED) is 0.170. The number of anilines is 3. The molecule has 12 aromatic rings. The van der Waals surface area contributed by atoms with Crippen molar-refractivity contribution < 1.29 is 8.83 Å². The van der Waals surface area contributed by atoms with Crippen LogP contribution in [0.25, 0.3) is 93.6 Å². The summed E-state index contributed by atoms with van der Waals surface area (Å²) in [5, 5.41) is 6.89. The molecule has 0 aliphatic rings. The first-order valence-electron chi connectivity index (χ1n) is 19.7. The Balaban J connectivity index is 1.03. The molecule has 3 heterocycles. The fourth-order valence-corrected chi connectivity index (χ4v) is 9.05. The number of fused-ring (bicyclic) bond motifs is 9. The van der Waals surface area contributed by atoms with Gasteiger partial charge in [-0.05, 0) is 95.6 Å². The van der Waals surface area contributed by atoms with Crippen LogP contribution in [0.1, 0.15) is 0 Å². The molecule has 0 N–H and O–H groups in total. The van der Waals surface area contributed by atoms with E-state index in [1.54, 1.807) is 0 Å². The van der Waals surface area contributed by atoms with Crippen LogP contribution in [0.4, 0.5) is 17.1 Å². The van der Waals surface area contributed by atoms with E-state index in [-0.39, 0.29) is 0 Å². The molecule has 0 aliphatic carbocycles. The van der Waals surface area contributed by atoms with E-state index in [1.165, 1.54) is 21.8 Å². The summed E-state index contributed by atoms with van der Waals surface area (Å²) in [6.45, 7) is 0. The number of benzene rings is 9. The molecule has 0 unspecified atom stereocenters. The topological polar surface area (TPSA) is 34.5 Å². The van der Waals surface area contributed by atoms with Crippen LogP contribution in [0.2, 0.25) is 0 Å². The molecule has 0 radical (unpaired) electrons. The standard InChI is InChI=1S/C54H34N2O2/c1-2-15-37(16-3-1)55(38-30-28-35(29-31-38)40-22-13-27-51-52(40)44-20-6-10-25-49(44)57-51)48-33-32-41(54-53(48)45-21-7-11-26-50(45)58-54)36-14-12-17-39(34-36)56-46-23-8-4-18-42(46)43-19-5-9-24-47(43)56/h1-34H. The highest BCUT2D eigenvalue weighted by Crippen LogP contribution is 2.47. The van der Waals surface area contributed by atoms with Crippen molar-refractivity contribution in [3.63, 3.8) is 0 Å². The van der Waals surface area contributed by atoms with E-state index in [0.717, 1.165) is 88.9 Å². The molecule has 4 heteroatoms. The number of furan rings is 2. The lowest BCUT2D eigenvalue weighted by molar-refractivity contribution is 0.669. The first-order valence-corrected chi connectivity index (χ1v) is 19.7. The number of rotatable bonds is 6. The largest absolute Gasteiger partial charge is 0.456 e. The van der Waals surface area contributed by atoms with Crippen LogP contribution in [0.15, 0.2) is 215 Å². The fraction of sp³-hybridized carbons (Fsp3) is 0. The van der Waals surface area contributed by atoms with Crippen LogP contribution < -0.4 is 4.90 Å². The zero-order chi connectivity index (χ0) is 38.2. The highest BCUT2D eigenvalue weighted by molar-refractivity contribution is 6.17. The van der Waals surface area contributed by atoms with E-state index < -0.39 is 0 Å². The van der Waals surface area contributed by atoms with Gasteiger partial charge in [0.15, 0.2) is 0 Å². The van der Waals surface area contributed by atoms with E-state index in [4.69, 9.17) is 8.83 Å². The van der Waals surface area contributed by atoms with Crippen molar-refractivity contribution >= 4 is 82.7 Å². The Morgan fingerprint density at radius 3 is 1.69 bits per heavy atom. The highest BCUT2D eigenvalue weighted by Gasteiger charge is 2.23. The zero-order valence-electron chi connectivity index (χ0n) is 31.3. The second-order valence-corrected chi connectivity index (χ2v) is 14.8. The molecular weight excluding hydrogens is 709 g/mol. The first-order chi connectivity index (χ1) is 28.8. The fourth-order valence-electron chi connectivity index (χ4n) is 9.05. The molecule has 12 rings (SSSR count). The second kappa shape index (κ2) is 12.9. The SMILES string of the molecule is c1ccc(N(c2ccc(-c3cccc4oc5ccccc5c34)cc2)c2ccc(-c3cccc(-n4c5ccccc5c5ccccc54)c3)c3oc4ccccc4c23)cc1. The van der Waals surface area contributed by atoms with E-state index in [9.17, 15) is 0 Å². The normalized spacial score (nSPS) is 11.8. The van der Waals surface area contributed by atoms with Crippen molar-refractivity contribution in [2.75, 3.05) is 4.90 Å². The van der Waals surface area contributed by atoms with Crippen molar-refractivity contribution in [1.82, 2.24) is 4.57 Å². The Morgan fingerprint density at radius 1 is 0.362 bits per heavy atom. The van der Waals surface area contributed by atoms with Crippen molar-refractivity contribution in [2.45, 2.75) is 0 Å². The third-order valence-electron chi connectivity index (χ3n) is 11.6. The van der Waals surface area contributed by atoms with Gasteiger partial charge in [-0.3, -0.25) is 0 Å². The molecule has 272 valence electrons. The van der Waals surface area contributed by atoms with Crippen molar-refractivity contribution in [3.05, 3.63) is 206 Å². The van der Waals surface area contributed by atoms with Crippen LogP contribution in [0, 0.1) is 0 Å². The van der Waals surface area contributed by atoms with Gasteiger partial charge in [-0.1, -0.05) is 127 Å². The van der Waals surface area contributed by atoms with Crippen molar-refractivity contribution in [2.24, 2.45) is 0 Å². The van der Waals surface area contributed by atoms with Gasteiger partial charge in [0.2, 0.25) is 0 Å². The summed E-state index contributed by atoms with van der Waals surface area (Å²) in [4.78, 5) is 2.35. The molecule has 4 nitrogen and oxygen atoms in total. The summed E-state index contributed by atoms with van der Waals surface area (Å²) < 4.78 is 15.5. The van der Waals surface area contributed by atoms with Crippen molar-refractivity contribution in [1.29, 1.82) is 0 Å². The van der Waals surface area contributed by atoms with Gasteiger partial charge in [0, 0.05) is 49.6 Å². The van der Waals surface area contributed by atoms with Gasteiger partial charge >= 0.3 is 0 Å². The van der Waals surface area contributed by atoms with Gasteiger partial charge in [-0.25, -0.2) is 0 Å². The number of hydrogen-bond acceptors (Lipinski definition) is 3. The molecular formula is C54H34N2O2. The molecule has 9 aromatic carbocycles. The second-order valence-electron chi connectivity index (χ2n) is 14.8. The molecule has 0 aliphatic heterocycles. The van der Waals surface area contributed by atoms with Crippen LogP contribution in [-0.2, 0) is 0 Å². The van der Waals surface area contributed by atoms with Crippen LogP contribution >= 0.6 is 0 Å². The molecule has 0 amide bonds. The molecule has 0 atom stereocenters. The molecule has 0 fully saturated rings. The maximum Gasteiger partial charge on any atom is 0.145 e. The van der Waals surface area contributed by atoms with Crippen molar-refractivity contribution in [3.8, 4) is 27.9 Å². The molecule has 58 heavy (non-hydrogen) atoms. The van der Waals surface area contributed by atoms with Gasteiger partial charge in [-0.15, -0.1) is 0 Å². The first kappa shape index (κ1) is 32.4. The molecule has 0 saturated heterocycles. The third-order valence-corrected chi connectivity index (χ3v) is 11.6. The minimum atomic E-state index is 0.855. The summed E-state index contributed by atoms with van der Waals surface area (Å²) in [6.07, 6.45) is 0. The molecule has 0 saturated carbocycles. The predicted octanol–water partition coefficient (Wildman–Crippen LogP) is 15.4. The average Bonchev–Trinajstić information content (AvgIpc) is 3.97. The number of para-hydroxylation sites is 5. The number of hydrogen-bond donors (Lipinski definition) is 0. The van der Waals surface area contributed by atoms with Gasteiger partial charge < -0.3 is 18.3 Å². The lowest BCUT2D eigenvalue weighted by Gasteiger charge is -2.27. The number of nitrogens with zero attached hydrogens (tertiary/aromatic N) is 2. The molecule has 3 aromatic heterocycles. The Bertz CT molecular complexity index is 3460. The summed E-state index contributed by atoms with van der Waals surface area (Å²) in [6, 6.07) is 73.1. The Morgan fingerprint density at radius 2 is 0.948 bits per heavy atom. The number of aromatic nitrogens is 1. The van der Waals surface area contributed by atoms with Gasteiger partial charge in [-0.2, -0.15) is 0 Å². The maximum absolute atomic E-state index is 6.87. The van der Waals surface area contributed by atoms with Crippen LogP contribution in [0.5, 0.6) is 0 Å². The smallest absolute Gasteiger partial charge is 0.145 e. The van der Waals surface area contributed by atoms with E-state index in [2.05, 4.69) is 198 Å². The maximum atomic E-state index is 6.87. The van der Waals surface area contributed by atoms with E-state index >= 15 is 0 Å². The molecule has 0 bridgehead atoms. The van der Waals surface area contributed by atoms with E-state index in [1.807, 2.05) is 18.2 Å². The lowest BCUT2D eigenvalue weighted by atomic mass is 9.98. The minimum Gasteiger partial charge on any atom is -0.456 e. The van der Waals surface area contributed by atoms with Crippen LogP contribution in [0.3, 0.4) is 0 Å². The lowest BCUT2D eigenvalue weighted by Crippen LogP contribution is -2.10. The van der Waals surface area contributed by atoms with Gasteiger partial charge in [0.05, 0.1) is 22.1 Å². The minimum absolute atomic E-state index is 0.855. The Kier molecular flexibility index (Phi) is 7.20. The summed E-state index contributed by atoms with van der Waals surface area (Å²) in [5.74, 6) is 0. The van der Waals surface area contributed by atoms with Gasteiger partial charge in [0.25, 0.3) is 0 Å². The highest BCUT2D eigenvalue weighted by atomic mass is 16.3. The summed E-state index contributed by atoms with van der Waals surface area (Å²) in [7, 11) is 0. The summed E-state index contributed by atoms with van der Waals surface area (Å²) in [5.41, 5.74) is 14.5. The zero-order valence-corrected chi connectivity index (χ0v) is 31.3.